The third kappa shape index (κ3) is 5.82. The van der Waals surface area contributed by atoms with E-state index in [-0.39, 0.29) is 11.3 Å². The quantitative estimate of drug-likeness (QED) is 0.759. The molecule has 0 saturated carbocycles. The molecule has 0 aliphatic heterocycles. The average Bonchev–Trinajstić information content (AvgIpc) is 2.56. The first-order valence-electron chi connectivity index (χ1n) is 8.76. The van der Waals surface area contributed by atoms with Crippen LogP contribution in [0.1, 0.15) is 39.7 Å². The van der Waals surface area contributed by atoms with Crippen molar-refractivity contribution in [3.05, 3.63) is 54.1 Å². The molecule has 0 heterocycles. The molecule has 2 aromatic rings. The smallest absolute Gasteiger partial charge is 0.226 e. The molecule has 0 aromatic heterocycles. The Balaban J connectivity index is 1.83. The summed E-state index contributed by atoms with van der Waals surface area (Å²) in [5, 5.41) is 6.19. The Bertz CT molecular complexity index is 688. The molecule has 0 aliphatic rings. The first kappa shape index (κ1) is 18.8. The van der Waals surface area contributed by atoms with Gasteiger partial charge in [0.1, 0.15) is 5.75 Å². The molecule has 0 saturated heterocycles. The summed E-state index contributed by atoms with van der Waals surface area (Å²) in [7, 11) is 0. The van der Waals surface area contributed by atoms with E-state index in [1.807, 2.05) is 31.2 Å². The summed E-state index contributed by atoms with van der Waals surface area (Å²) in [6.45, 7) is 9.66. The number of carbonyl (C=O) groups excluding carboxylic acids is 1. The van der Waals surface area contributed by atoms with Gasteiger partial charge in [0.05, 0.1) is 12.3 Å². The Kier molecular flexibility index (Phi) is 6.45. The highest BCUT2D eigenvalue weighted by Crippen LogP contribution is 2.24. The molecule has 0 radical (unpaired) electrons. The van der Waals surface area contributed by atoms with Gasteiger partial charge in [-0.1, -0.05) is 45.0 Å². The molecular formula is C21H28N2O2. The number of carbonyl (C=O) groups is 1. The number of para-hydroxylation sites is 2. The minimum absolute atomic E-state index is 0.0361. The molecule has 0 spiro atoms. The van der Waals surface area contributed by atoms with Crippen LogP contribution in [0.15, 0.2) is 48.5 Å². The Morgan fingerprint density at radius 1 is 1.04 bits per heavy atom. The maximum Gasteiger partial charge on any atom is 0.226 e. The van der Waals surface area contributed by atoms with Crippen molar-refractivity contribution >= 4 is 17.3 Å². The molecule has 134 valence electrons. The second-order valence-corrected chi connectivity index (χ2v) is 6.98. The molecular weight excluding hydrogens is 312 g/mol. The van der Waals surface area contributed by atoms with E-state index in [2.05, 4.69) is 55.7 Å². The zero-order valence-corrected chi connectivity index (χ0v) is 15.6. The third-order valence-corrected chi connectivity index (χ3v) is 3.89. The lowest BCUT2D eigenvalue weighted by atomic mass is 9.87. The van der Waals surface area contributed by atoms with Crippen LogP contribution in [0.3, 0.4) is 0 Å². The highest BCUT2D eigenvalue weighted by Gasteiger charge is 2.12. The molecule has 2 aromatic carbocycles. The van der Waals surface area contributed by atoms with Crippen molar-refractivity contribution in [3.63, 3.8) is 0 Å². The van der Waals surface area contributed by atoms with Gasteiger partial charge in [0.25, 0.3) is 0 Å². The van der Waals surface area contributed by atoms with Crippen LogP contribution in [0.25, 0.3) is 0 Å². The molecule has 25 heavy (non-hydrogen) atoms. The van der Waals surface area contributed by atoms with Crippen LogP contribution in [0.4, 0.5) is 11.4 Å². The highest BCUT2D eigenvalue weighted by atomic mass is 16.5. The number of amides is 1. The maximum absolute atomic E-state index is 12.1. The number of rotatable bonds is 7. The molecule has 0 fully saturated rings. The van der Waals surface area contributed by atoms with Crippen LogP contribution >= 0.6 is 0 Å². The fourth-order valence-corrected chi connectivity index (χ4v) is 2.47. The Hall–Kier alpha value is -2.49. The van der Waals surface area contributed by atoms with E-state index in [4.69, 9.17) is 4.74 Å². The van der Waals surface area contributed by atoms with Gasteiger partial charge in [0.2, 0.25) is 5.91 Å². The topological polar surface area (TPSA) is 50.4 Å². The van der Waals surface area contributed by atoms with E-state index in [9.17, 15) is 4.79 Å². The summed E-state index contributed by atoms with van der Waals surface area (Å²) in [5.41, 5.74) is 3.18. The van der Waals surface area contributed by atoms with Gasteiger partial charge in [-0.3, -0.25) is 4.79 Å². The molecule has 0 unspecified atom stereocenters. The average molecular weight is 340 g/mol. The standard InChI is InChI=1S/C21H28N2O2/c1-5-25-19-9-7-6-8-18(19)23-20(24)14-15-22-17-12-10-16(11-13-17)21(2,3)4/h6-13,22H,5,14-15H2,1-4H3,(H,23,24). The SMILES string of the molecule is CCOc1ccccc1NC(=O)CCNc1ccc(C(C)(C)C)cc1. The van der Waals surface area contributed by atoms with Gasteiger partial charge in [-0.05, 0) is 42.2 Å². The molecule has 0 aliphatic carbocycles. The molecule has 2 rings (SSSR count). The largest absolute Gasteiger partial charge is 0.492 e. The third-order valence-electron chi connectivity index (χ3n) is 3.89. The van der Waals surface area contributed by atoms with E-state index in [0.29, 0.717) is 31.0 Å². The summed E-state index contributed by atoms with van der Waals surface area (Å²) in [6.07, 6.45) is 0.390. The van der Waals surface area contributed by atoms with Crippen LogP contribution in [0.2, 0.25) is 0 Å². The van der Waals surface area contributed by atoms with Gasteiger partial charge < -0.3 is 15.4 Å². The van der Waals surface area contributed by atoms with Crippen LogP contribution in [0, 0.1) is 0 Å². The second-order valence-electron chi connectivity index (χ2n) is 6.98. The van der Waals surface area contributed by atoms with E-state index in [1.165, 1.54) is 5.56 Å². The Labute approximate surface area is 150 Å². The zero-order valence-electron chi connectivity index (χ0n) is 15.6. The summed E-state index contributed by atoms with van der Waals surface area (Å²) >= 11 is 0. The van der Waals surface area contributed by atoms with Crippen molar-refractivity contribution in [2.24, 2.45) is 0 Å². The Morgan fingerprint density at radius 2 is 1.72 bits per heavy atom. The summed E-state index contributed by atoms with van der Waals surface area (Å²) in [4.78, 5) is 12.1. The number of hydrogen-bond acceptors (Lipinski definition) is 3. The van der Waals surface area contributed by atoms with Gasteiger partial charge in [0.15, 0.2) is 0 Å². The highest BCUT2D eigenvalue weighted by molar-refractivity contribution is 5.92. The predicted molar refractivity (Wildman–Crippen MR) is 104 cm³/mol. The van der Waals surface area contributed by atoms with Crippen LogP contribution < -0.4 is 15.4 Å². The van der Waals surface area contributed by atoms with Gasteiger partial charge in [-0.25, -0.2) is 0 Å². The minimum atomic E-state index is -0.0361. The maximum atomic E-state index is 12.1. The lowest BCUT2D eigenvalue weighted by molar-refractivity contribution is -0.116. The monoisotopic (exact) mass is 340 g/mol. The van der Waals surface area contributed by atoms with Crippen molar-refractivity contribution in [1.29, 1.82) is 0 Å². The number of benzene rings is 2. The van der Waals surface area contributed by atoms with Crippen molar-refractivity contribution in [3.8, 4) is 5.75 Å². The molecule has 4 heteroatoms. The second kappa shape index (κ2) is 8.56. The number of ether oxygens (including phenoxy) is 1. The molecule has 0 atom stereocenters. The number of nitrogens with one attached hydrogen (secondary N) is 2. The lowest BCUT2D eigenvalue weighted by Crippen LogP contribution is -2.17. The molecule has 2 N–H and O–H groups in total. The normalized spacial score (nSPS) is 11.0. The van der Waals surface area contributed by atoms with Crippen LogP contribution in [-0.4, -0.2) is 19.1 Å². The lowest BCUT2D eigenvalue weighted by Gasteiger charge is -2.19. The first-order chi connectivity index (χ1) is 11.9. The van der Waals surface area contributed by atoms with Gasteiger partial charge >= 0.3 is 0 Å². The summed E-state index contributed by atoms with van der Waals surface area (Å²) < 4.78 is 5.52. The summed E-state index contributed by atoms with van der Waals surface area (Å²) in [6, 6.07) is 15.8. The van der Waals surface area contributed by atoms with Crippen molar-refractivity contribution in [1.82, 2.24) is 0 Å². The van der Waals surface area contributed by atoms with Crippen LogP contribution in [0.5, 0.6) is 5.75 Å². The fourth-order valence-electron chi connectivity index (χ4n) is 2.47. The number of anilines is 2. The number of hydrogen-bond donors (Lipinski definition) is 2. The molecule has 4 nitrogen and oxygen atoms in total. The molecule has 1 amide bonds. The first-order valence-corrected chi connectivity index (χ1v) is 8.76. The van der Waals surface area contributed by atoms with Gasteiger partial charge in [-0.2, -0.15) is 0 Å². The van der Waals surface area contributed by atoms with E-state index in [1.54, 1.807) is 0 Å². The van der Waals surface area contributed by atoms with E-state index >= 15 is 0 Å². The summed E-state index contributed by atoms with van der Waals surface area (Å²) in [5.74, 6) is 0.662. The van der Waals surface area contributed by atoms with E-state index < -0.39 is 0 Å². The van der Waals surface area contributed by atoms with Crippen LogP contribution in [-0.2, 0) is 10.2 Å². The Morgan fingerprint density at radius 3 is 2.36 bits per heavy atom. The van der Waals surface area contributed by atoms with E-state index in [0.717, 1.165) is 5.69 Å². The van der Waals surface area contributed by atoms with Gasteiger partial charge in [0, 0.05) is 18.7 Å². The van der Waals surface area contributed by atoms with Gasteiger partial charge in [-0.15, -0.1) is 0 Å². The molecule has 0 bridgehead atoms. The zero-order chi connectivity index (χ0) is 18.3. The fraction of sp³-hybridized carbons (Fsp3) is 0.381. The van der Waals surface area contributed by atoms with Crippen molar-refractivity contribution < 1.29 is 9.53 Å². The van der Waals surface area contributed by atoms with Crippen molar-refractivity contribution in [2.75, 3.05) is 23.8 Å². The van der Waals surface area contributed by atoms with Crippen molar-refractivity contribution in [2.45, 2.75) is 39.5 Å². The predicted octanol–water partition coefficient (Wildman–Crippen LogP) is 4.82. The minimum Gasteiger partial charge on any atom is -0.492 e.